The smallest absolute Gasteiger partial charge is 0.288 e. The average molecular weight is 511 g/mol. The lowest BCUT2D eigenvalue weighted by Crippen LogP contribution is -2.17. The standard InChI is InChI=1S/C23H15Cl2F3N2S2/c24-16-4-1-15(20(25)11-16)12-30-21(14-2-5-17(26)6-3-14)13-31-23(30)29-18-7-9-19(10-8-18)32-22(27)28/h1-11,13,22H,12H2. The quantitative estimate of drug-likeness (QED) is 0.238. The Morgan fingerprint density at radius 1 is 0.969 bits per heavy atom. The highest BCUT2D eigenvalue weighted by Gasteiger charge is 2.12. The van der Waals surface area contributed by atoms with Gasteiger partial charge < -0.3 is 4.57 Å². The van der Waals surface area contributed by atoms with Crippen LogP contribution >= 0.6 is 46.3 Å². The van der Waals surface area contributed by atoms with E-state index in [0.29, 0.717) is 43.7 Å². The summed E-state index contributed by atoms with van der Waals surface area (Å²) in [6.07, 6.45) is 0. The van der Waals surface area contributed by atoms with Gasteiger partial charge in [0.2, 0.25) is 0 Å². The minimum absolute atomic E-state index is 0.317. The van der Waals surface area contributed by atoms with Crippen LogP contribution in [0, 0.1) is 5.82 Å². The van der Waals surface area contributed by atoms with Crippen LogP contribution in [0.2, 0.25) is 10.0 Å². The third kappa shape index (κ3) is 5.59. The molecule has 0 radical (unpaired) electrons. The third-order valence-corrected chi connectivity index (χ3v) is 6.74. The molecule has 0 aliphatic carbocycles. The minimum Gasteiger partial charge on any atom is -0.312 e. The molecule has 0 spiro atoms. The van der Waals surface area contributed by atoms with Crippen molar-refractivity contribution in [3.05, 3.63) is 98.3 Å². The molecule has 0 amide bonds. The fraction of sp³-hybridized carbons (Fsp3) is 0.0870. The van der Waals surface area contributed by atoms with Gasteiger partial charge in [-0.15, -0.1) is 11.3 Å². The Morgan fingerprint density at radius 3 is 2.34 bits per heavy atom. The van der Waals surface area contributed by atoms with Crippen LogP contribution in [0.1, 0.15) is 5.56 Å². The first-order valence-electron chi connectivity index (χ1n) is 9.37. The number of nitrogens with zero attached hydrogens (tertiary/aromatic N) is 2. The van der Waals surface area contributed by atoms with Crippen molar-refractivity contribution in [1.82, 2.24) is 4.57 Å². The first kappa shape index (κ1) is 23.0. The van der Waals surface area contributed by atoms with Crippen molar-refractivity contribution in [2.75, 3.05) is 0 Å². The number of alkyl halides is 2. The van der Waals surface area contributed by atoms with Crippen LogP contribution in [-0.4, -0.2) is 10.3 Å². The Morgan fingerprint density at radius 2 is 1.69 bits per heavy atom. The van der Waals surface area contributed by atoms with Crippen molar-refractivity contribution in [3.63, 3.8) is 0 Å². The van der Waals surface area contributed by atoms with E-state index in [1.165, 1.54) is 23.5 Å². The predicted octanol–water partition coefficient (Wildman–Crippen LogP) is 8.26. The van der Waals surface area contributed by atoms with E-state index in [4.69, 9.17) is 28.2 Å². The molecule has 164 valence electrons. The summed E-state index contributed by atoms with van der Waals surface area (Å²) < 4.78 is 40.6. The first-order chi connectivity index (χ1) is 15.4. The summed E-state index contributed by atoms with van der Waals surface area (Å²) in [6.45, 7) is 0.421. The molecule has 0 bridgehead atoms. The van der Waals surface area contributed by atoms with Crippen LogP contribution in [0.5, 0.6) is 0 Å². The fourth-order valence-electron chi connectivity index (χ4n) is 3.06. The zero-order valence-electron chi connectivity index (χ0n) is 16.3. The van der Waals surface area contributed by atoms with Crippen molar-refractivity contribution >= 4 is 52.0 Å². The molecule has 1 aromatic heterocycles. The molecule has 3 aromatic carbocycles. The highest BCUT2D eigenvalue weighted by molar-refractivity contribution is 7.99. The molecule has 9 heteroatoms. The number of thioether (sulfide) groups is 1. The molecule has 2 nitrogen and oxygen atoms in total. The predicted molar refractivity (Wildman–Crippen MR) is 127 cm³/mol. The Labute approximate surface area is 201 Å². The number of rotatable bonds is 6. The van der Waals surface area contributed by atoms with Gasteiger partial charge in [-0.1, -0.05) is 41.0 Å². The van der Waals surface area contributed by atoms with Crippen LogP contribution in [0.15, 0.2) is 82.0 Å². The van der Waals surface area contributed by atoms with Gasteiger partial charge in [0.25, 0.3) is 5.76 Å². The number of thiazole rings is 1. The lowest BCUT2D eigenvalue weighted by Gasteiger charge is -2.11. The van der Waals surface area contributed by atoms with Gasteiger partial charge in [0.1, 0.15) is 5.82 Å². The van der Waals surface area contributed by atoms with Crippen LogP contribution < -0.4 is 4.80 Å². The molecular formula is C23H15Cl2F3N2S2. The zero-order valence-corrected chi connectivity index (χ0v) is 19.5. The second kappa shape index (κ2) is 10.2. The Bertz CT molecular complexity index is 1280. The number of aromatic nitrogens is 1. The van der Waals surface area contributed by atoms with Gasteiger partial charge in [0, 0.05) is 20.3 Å². The summed E-state index contributed by atoms with van der Waals surface area (Å²) in [7, 11) is 0. The lowest BCUT2D eigenvalue weighted by atomic mass is 10.1. The fourth-order valence-corrected chi connectivity index (χ4v) is 4.95. The molecule has 0 fully saturated rings. The van der Waals surface area contributed by atoms with Crippen molar-refractivity contribution in [1.29, 1.82) is 0 Å². The van der Waals surface area contributed by atoms with Gasteiger partial charge in [0.05, 0.1) is 17.9 Å². The van der Waals surface area contributed by atoms with E-state index in [1.807, 2.05) is 16.0 Å². The van der Waals surface area contributed by atoms with E-state index in [9.17, 15) is 13.2 Å². The normalized spacial score (nSPS) is 12.0. The van der Waals surface area contributed by atoms with Gasteiger partial charge >= 0.3 is 0 Å². The molecule has 32 heavy (non-hydrogen) atoms. The average Bonchev–Trinajstić information content (AvgIpc) is 3.14. The van der Waals surface area contributed by atoms with Crippen LogP contribution in [-0.2, 0) is 6.54 Å². The van der Waals surface area contributed by atoms with Gasteiger partial charge in [-0.05, 0) is 71.8 Å². The van der Waals surface area contributed by atoms with Crippen LogP contribution in [0.25, 0.3) is 11.3 Å². The topological polar surface area (TPSA) is 17.3 Å². The van der Waals surface area contributed by atoms with Gasteiger partial charge in [-0.25, -0.2) is 9.38 Å². The van der Waals surface area contributed by atoms with E-state index in [1.54, 1.807) is 48.5 Å². The molecule has 0 saturated heterocycles. The lowest BCUT2D eigenvalue weighted by molar-refractivity contribution is 0.252. The SMILES string of the molecule is Fc1ccc(-c2csc(=Nc3ccc(SC(F)F)cc3)n2Cc2ccc(Cl)cc2Cl)cc1. The number of hydrogen-bond acceptors (Lipinski definition) is 3. The third-order valence-electron chi connectivity index (χ3n) is 4.57. The molecule has 1 heterocycles. The summed E-state index contributed by atoms with van der Waals surface area (Å²) in [5.74, 6) is -2.79. The number of halogens is 5. The van der Waals surface area contributed by atoms with E-state index < -0.39 is 5.76 Å². The highest BCUT2D eigenvalue weighted by atomic mass is 35.5. The molecule has 0 unspecified atom stereocenters. The van der Waals surface area contributed by atoms with Crippen molar-refractivity contribution in [2.24, 2.45) is 4.99 Å². The van der Waals surface area contributed by atoms with Crippen molar-refractivity contribution < 1.29 is 13.2 Å². The molecule has 4 aromatic rings. The summed E-state index contributed by atoms with van der Waals surface area (Å²) in [6, 6.07) is 18.1. The van der Waals surface area contributed by atoms with Gasteiger partial charge in [-0.2, -0.15) is 8.78 Å². The maximum Gasteiger partial charge on any atom is 0.288 e. The Kier molecular flexibility index (Phi) is 7.30. The summed E-state index contributed by atoms with van der Waals surface area (Å²) in [5, 5.41) is 3.01. The van der Waals surface area contributed by atoms with Gasteiger partial charge in [0.15, 0.2) is 4.80 Å². The van der Waals surface area contributed by atoms with Gasteiger partial charge in [-0.3, -0.25) is 0 Å². The molecule has 0 atom stereocenters. The van der Waals surface area contributed by atoms with Crippen LogP contribution in [0.4, 0.5) is 18.9 Å². The Hall–Kier alpha value is -2.19. The molecule has 0 aliphatic heterocycles. The molecule has 0 aliphatic rings. The highest BCUT2D eigenvalue weighted by Crippen LogP contribution is 2.28. The number of benzene rings is 3. The zero-order chi connectivity index (χ0) is 22.7. The van der Waals surface area contributed by atoms with E-state index in [2.05, 4.69) is 0 Å². The second-order valence-electron chi connectivity index (χ2n) is 6.72. The van der Waals surface area contributed by atoms with Crippen molar-refractivity contribution in [3.8, 4) is 11.3 Å². The molecular weight excluding hydrogens is 496 g/mol. The molecule has 0 saturated carbocycles. The molecule has 0 N–H and O–H groups in total. The van der Waals surface area contributed by atoms with E-state index in [0.717, 1.165) is 16.8 Å². The second-order valence-corrected chi connectivity index (χ2v) is 9.46. The summed E-state index contributed by atoms with van der Waals surface area (Å²) in [4.78, 5) is 5.87. The van der Waals surface area contributed by atoms with E-state index >= 15 is 0 Å². The maximum atomic E-state index is 13.4. The first-order valence-corrected chi connectivity index (χ1v) is 11.9. The monoisotopic (exact) mass is 510 g/mol. The van der Waals surface area contributed by atoms with Crippen molar-refractivity contribution in [2.45, 2.75) is 17.2 Å². The largest absolute Gasteiger partial charge is 0.312 e. The summed E-state index contributed by atoms with van der Waals surface area (Å²) in [5.41, 5.74) is 3.16. The summed E-state index contributed by atoms with van der Waals surface area (Å²) >= 11 is 14.3. The number of hydrogen-bond donors (Lipinski definition) is 0. The van der Waals surface area contributed by atoms with Crippen LogP contribution in [0.3, 0.4) is 0 Å². The minimum atomic E-state index is -2.47. The molecule has 4 rings (SSSR count). The van der Waals surface area contributed by atoms with E-state index in [-0.39, 0.29) is 5.82 Å². The maximum absolute atomic E-state index is 13.4. The Balaban J connectivity index is 1.78.